The highest BCUT2D eigenvalue weighted by Crippen LogP contribution is 2.22. The lowest BCUT2D eigenvalue weighted by molar-refractivity contribution is 0.102. The largest absolute Gasteiger partial charge is 0.322 e. The molecule has 2 amide bonds. The van der Waals surface area contributed by atoms with E-state index >= 15 is 0 Å². The van der Waals surface area contributed by atoms with Gasteiger partial charge in [-0.15, -0.1) is 22.7 Å². The molecule has 0 saturated carbocycles. The van der Waals surface area contributed by atoms with Crippen LogP contribution in [0.1, 0.15) is 20.0 Å². The van der Waals surface area contributed by atoms with E-state index in [0.717, 1.165) is 11.3 Å². The van der Waals surface area contributed by atoms with Crippen LogP contribution in [0.25, 0.3) is 0 Å². The average Bonchev–Trinajstić information content (AvgIpc) is 3.49. The lowest BCUT2D eigenvalue weighted by Gasteiger charge is -2.10. The van der Waals surface area contributed by atoms with Crippen LogP contribution in [0.3, 0.4) is 0 Å². The van der Waals surface area contributed by atoms with Crippen molar-refractivity contribution in [3.05, 3.63) is 94.0 Å². The van der Waals surface area contributed by atoms with E-state index in [1.807, 2.05) is 5.38 Å². The molecule has 4 rings (SSSR count). The minimum Gasteiger partial charge on any atom is -0.322 e. The van der Waals surface area contributed by atoms with E-state index in [9.17, 15) is 18.0 Å². The Kier molecular flexibility index (Phi) is 6.35. The first-order valence-corrected chi connectivity index (χ1v) is 12.6. The standard InChI is InChI=1S/C22H17N3O4S3/c26-21(15-8-10-16(11-9-15)25-32(28,29)20-7-3-13-31-20)23-17-4-1-5-18(14-17)24-22(27)19-6-2-12-30-19/h1-14,25H,(H,23,26)(H,24,27). The number of carbonyl (C=O) groups is 2. The maximum absolute atomic E-state index is 12.6. The predicted octanol–water partition coefficient (Wildman–Crippen LogP) is 5.12. The fraction of sp³-hybridized carbons (Fsp3) is 0. The van der Waals surface area contributed by atoms with Gasteiger partial charge < -0.3 is 10.6 Å². The van der Waals surface area contributed by atoms with Crippen LogP contribution in [-0.4, -0.2) is 20.2 Å². The third-order valence-electron chi connectivity index (χ3n) is 4.28. The van der Waals surface area contributed by atoms with Gasteiger partial charge in [-0.3, -0.25) is 14.3 Å². The molecule has 32 heavy (non-hydrogen) atoms. The van der Waals surface area contributed by atoms with Gasteiger partial charge in [0.1, 0.15) is 4.21 Å². The first-order chi connectivity index (χ1) is 15.4. The van der Waals surface area contributed by atoms with Crippen LogP contribution in [0.5, 0.6) is 0 Å². The van der Waals surface area contributed by atoms with Gasteiger partial charge in [0.2, 0.25) is 0 Å². The van der Waals surface area contributed by atoms with E-state index in [4.69, 9.17) is 0 Å². The van der Waals surface area contributed by atoms with Gasteiger partial charge in [0.25, 0.3) is 21.8 Å². The Morgan fingerprint density at radius 3 is 1.97 bits per heavy atom. The number of carbonyl (C=O) groups excluding carboxylic acids is 2. The molecular weight excluding hydrogens is 466 g/mol. The average molecular weight is 484 g/mol. The fourth-order valence-electron chi connectivity index (χ4n) is 2.79. The zero-order valence-corrected chi connectivity index (χ0v) is 18.9. The van der Waals surface area contributed by atoms with Gasteiger partial charge in [-0.05, 0) is 65.4 Å². The molecule has 0 aliphatic rings. The smallest absolute Gasteiger partial charge is 0.271 e. The number of hydrogen-bond acceptors (Lipinski definition) is 6. The van der Waals surface area contributed by atoms with Crippen LogP contribution >= 0.6 is 22.7 Å². The summed E-state index contributed by atoms with van der Waals surface area (Å²) in [5, 5.41) is 9.07. The van der Waals surface area contributed by atoms with Crippen molar-refractivity contribution in [2.75, 3.05) is 15.4 Å². The van der Waals surface area contributed by atoms with Gasteiger partial charge in [0.05, 0.1) is 4.88 Å². The highest BCUT2D eigenvalue weighted by Gasteiger charge is 2.15. The summed E-state index contributed by atoms with van der Waals surface area (Å²) in [5.74, 6) is -0.580. The summed E-state index contributed by atoms with van der Waals surface area (Å²) in [6.07, 6.45) is 0. The van der Waals surface area contributed by atoms with Crippen molar-refractivity contribution < 1.29 is 18.0 Å². The normalized spacial score (nSPS) is 11.0. The summed E-state index contributed by atoms with van der Waals surface area (Å²) in [7, 11) is -3.65. The molecule has 7 nitrogen and oxygen atoms in total. The van der Waals surface area contributed by atoms with Gasteiger partial charge in [0.15, 0.2) is 0 Å². The molecule has 0 aliphatic carbocycles. The fourth-order valence-corrected chi connectivity index (χ4v) is 5.46. The molecule has 0 unspecified atom stereocenters. The Bertz CT molecular complexity index is 1330. The molecule has 2 heterocycles. The van der Waals surface area contributed by atoms with Crippen LogP contribution in [0.2, 0.25) is 0 Å². The van der Waals surface area contributed by atoms with E-state index < -0.39 is 10.0 Å². The molecule has 0 atom stereocenters. The highest BCUT2D eigenvalue weighted by molar-refractivity contribution is 7.94. The summed E-state index contributed by atoms with van der Waals surface area (Å²) in [5.41, 5.74) is 1.78. The predicted molar refractivity (Wildman–Crippen MR) is 128 cm³/mol. The number of anilines is 3. The second-order valence-electron chi connectivity index (χ2n) is 6.58. The van der Waals surface area contributed by atoms with Crippen LogP contribution in [0, 0.1) is 0 Å². The molecule has 4 aromatic rings. The second kappa shape index (κ2) is 9.35. The van der Waals surface area contributed by atoms with Gasteiger partial charge in [-0.2, -0.15) is 0 Å². The van der Waals surface area contributed by atoms with E-state index in [2.05, 4.69) is 15.4 Å². The minimum absolute atomic E-state index is 0.213. The van der Waals surface area contributed by atoms with Crippen LogP contribution in [-0.2, 0) is 10.0 Å². The topological polar surface area (TPSA) is 104 Å². The maximum atomic E-state index is 12.6. The molecule has 0 spiro atoms. The molecule has 0 aliphatic heterocycles. The van der Waals surface area contributed by atoms with Crippen molar-refractivity contribution in [1.29, 1.82) is 0 Å². The van der Waals surface area contributed by atoms with Crippen molar-refractivity contribution in [2.45, 2.75) is 4.21 Å². The third-order valence-corrected chi connectivity index (χ3v) is 7.93. The second-order valence-corrected chi connectivity index (χ2v) is 10.4. The van der Waals surface area contributed by atoms with Gasteiger partial charge in [-0.25, -0.2) is 8.42 Å². The summed E-state index contributed by atoms with van der Waals surface area (Å²) in [4.78, 5) is 25.4. The molecule has 0 fully saturated rings. The SMILES string of the molecule is O=C(Nc1cccc(NC(=O)c2cccs2)c1)c1ccc(NS(=O)(=O)c2cccs2)cc1. The number of sulfonamides is 1. The van der Waals surface area contributed by atoms with Crippen LogP contribution in [0.4, 0.5) is 17.1 Å². The van der Waals surface area contributed by atoms with Crippen molar-refractivity contribution in [2.24, 2.45) is 0 Å². The first kappa shape index (κ1) is 21.8. The lowest BCUT2D eigenvalue weighted by atomic mass is 10.2. The van der Waals surface area contributed by atoms with E-state index in [1.54, 1.807) is 47.8 Å². The Labute approximate surface area is 192 Å². The van der Waals surface area contributed by atoms with Gasteiger partial charge in [-0.1, -0.05) is 18.2 Å². The lowest BCUT2D eigenvalue weighted by Crippen LogP contribution is -2.14. The van der Waals surface area contributed by atoms with Crippen molar-refractivity contribution in [1.82, 2.24) is 0 Å². The van der Waals surface area contributed by atoms with Gasteiger partial charge >= 0.3 is 0 Å². The number of amides is 2. The molecule has 2 aromatic carbocycles. The monoisotopic (exact) mass is 483 g/mol. The molecule has 3 N–H and O–H groups in total. The zero-order chi connectivity index (χ0) is 22.6. The Morgan fingerprint density at radius 2 is 1.34 bits per heavy atom. The maximum Gasteiger partial charge on any atom is 0.271 e. The molecule has 0 radical (unpaired) electrons. The van der Waals surface area contributed by atoms with Crippen LogP contribution < -0.4 is 15.4 Å². The van der Waals surface area contributed by atoms with E-state index in [0.29, 0.717) is 27.5 Å². The zero-order valence-electron chi connectivity index (χ0n) is 16.4. The third kappa shape index (κ3) is 5.22. The van der Waals surface area contributed by atoms with Gasteiger partial charge in [0, 0.05) is 22.6 Å². The Morgan fingerprint density at radius 1 is 0.688 bits per heavy atom. The first-order valence-electron chi connectivity index (χ1n) is 9.33. The number of nitrogens with one attached hydrogen (secondary N) is 3. The molecular formula is C22H17N3O4S3. The summed E-state index contributed by atoms with van der Waals surface area (Å²) < 4.78 is 27.3. The number of hydrogen-bond donors (Lipinski definition) is 3. The number of rotatable bonds is 7. The summed E-state index contributed by atoms with van der Waals surface area (Å²) >= 11 is 2.46. The van der Waals surface area contributed by atoms with E-state index in [-0.39, 0.29) is 16.0 Å². The highest BCUT2D eigenvalue weighted by atomic mass is 32.2. The molecule has 10 heteroatoms. The molecule has 2 aromatic heterocycles. The van der Waals surface area contributed by atoms with Crippen LogP contribution in [0.15, 0.2) is 87.8 Å². The van der Waals surface area contributed by atoms with E-state index in [1.165, 1.54) is 41.7 Å². The Balaban J connectivity index is 1.40. The summed E-state index contributed by atoms with van der Waals surface area (Å²) in [6.45, 7) is 0. The number of thiophene rings is 2. The van der Waals surface area contributed by atoms with Crippen molar-refractivity contribution >= 4 is 61.6 Å². The molecule has 0 saturated heterocycles. The quantitative estimate of drug-likeness (QED) is 0.340. The van der Waals surface area contributed by atoms with Crippen molar-refractivity contribution in [3.63, 3.8) is 0 Å². The minimum atomic E-state index is -3.65. The summed E-state index contributed by atoms with van der Waals surface area (Å²) in [6, 6.07) is 19.7. The number of benzene rings is 2. The molecule has 162 valence electrons. The molecule has 0 bridgehead atoms. The Hall–Kier alpha value is -3.47. The van der Waals surface area contributed by atoms with Crippen molar-refractivity contribution in [3.8, 4) is 0 Å².